The minimum atomic E-state index is -0.595. The molecule has 0 amide bonds. The summed E-state index contributed by atoms with van der Waals surface area (Å²) in [7, 11) is 0. The van der Waals surface area contributed by atoms with E-state index in [2.05, 4.69) is 15.3 Å². The fraction of sp³-hybridized carbons (Fsp3) is 0.167. The Hall–Kier alpha value is -2.21. The fourth-order valence-corrected chi connectivity index (χ4v) is 1.86. The number of rotatable bonds is 4. The van der Waals surface area contributed by atoms with Crippen molar-refractivity contribution in [3.8, 4) is 0 Å². The summed E-state index contributed by atoms with van der Waals surface area (Å²) in [5.74, 6) is 0.112. The van der Waals surface area contributed by atoms with E-state index >= 15 is 0 Å². The van der Waals surface area contributed by atoms with Gasteiger partial charge in [0.1, 0.15) is 6.33 Å². The van der Waals surface area contributed by atoms with Crippen LogP contribution < -0.4 is 5.32 Å². The molecule has 0 aliphatic rings. The summed E-state index contributed by atoms with van der Waals surface area (Å²) < 4.78 is 0. The van der Waals surface area contributed by atoms with Crippen molar-refractivity contribution in [3.05, 3.63) is 57.5 Å². The monoisotopic (exact) mass is 278 g/mol. The van der Waals surface area contributed by atoms with Gasteiger partial charge >= 0.3 is 5.69 Å². The molecule has 0 saturated carbocycles. The standard InChI is InChI=1S/C12H11ClN4O2/c1-8(9-5-3-2-4-6-9)16-12-10(17(18)19)11(13)14-7-15-12/h2-8H,1H3,(H,14,15,16). The molecule has 1 aromatic carbocycles. The van der Waals surface area contributed by atoms with Crippen molar-refractivity contribution in [2.75, 3.05) is 5.32 Å². The first-order chi connectivity index (χ1) is 9.09. The molecule has 0 bridgehead atoms. The van der Waals surface area contributed by atoms with Gasteiger partial charge in [-0.25, -0.2) is 9.97 Å². The predicted molar refractivity (Wildman–Crippen MR) is 72.2 cm³/mol. The Morgan fingerprint density at radius 2 is 2.00 bits per heavy atom. The van der Waals surface area contributed by atoms with Gasteiger partial charge in [0.05, 0.1) is 11.0 Å². The minimum Gasteiger partial charge on any atom is -0.358 e. The summed E-state index contributed by atoms with van der Waals surface area (Å²) in [4.78, 5) is 17.9. The number of benzene rings is 1. The summed E-state index contributed by atoms with van der Waals surface area (Å²) in [6.07, 6.45) is 1.19. The molecule has 0 aliphatic carbocycles. The van der Waals surface area contributed by atoms with Crippen molar-refractivity contribution in [1.82, 2.24) is 9.97 Å². The van der Waals surface area contributed by atoms with E-state index in [0.29, 0.717) is 0 Å². The van der Waals surface area contributed by atoms with Gasteiger partial charge < -0.3 is 5.32 Å². The van der Waals surface area contributed by atoms with E-state index in [-0.39, 0.29) is 22.7 Å². The predicted octanol–water partition coefficient (Wildman–Crippen LogP) is 3.21. The summed E-state index contributed by atoms with van der Waals surface area (Å²) in [6, 6.07) is 9.41. The van der Waals surface area contributed by atoms with Gasteiger partial charge in [0, 0.05) is 0 Å². The lowest BCUT2D eigenvalue weighted by Gasteiger charge is -2.14. The summed E-state index contributed by atoms with van der Waals surface area (Å²) in [5, 5.41) is 13.8. The van der Waals surface area contributed by atoms with Crippen LogP contribution >= 0.6 is 11.6 Å². The Labute approximate surface area is 114 Å². The molecule has 0 radical (unpaired) electrons. The molecule has 1 N–H and O–H groups in total. The van der Waals surface area contributed by atoms with Crippen molar-refractivity contribution in [1.29, 1.82) is 0 Å². The highest BCUT2D eigenvalue weighted by Crippen LogP contribution is 2.30. The van der Waals surface area contributed by atoms with E-state index in [1.54, 1.807) is 0 Å². The fourth-order valence-electron chi connectivity index (χ4n) is 1.65. The van der Waals surface area contributed by atoms with Crippen molar-refractivity contribution in [2.24, 2.45) is 0 Å². The van der Waals surface area contributed by atoms with Gasteiger partial charge in [-0.15, -0.1) is 0 Å². The Morgan fingerprint density at radius 1 is 1.32 bits per heavy atom. The van der Waals surface area contributed by atoms with E-state index < -0.39 is 4.92 Å². The largest absolute Gasteiger partial charge is 0.358 e. The van der Waals surface area contributed by atoms with Gasteiger partial charge in [-0.3, -0.25) is 10.1 Å². The molecule has 6 nitrogen and oxygen atoms in total. The zero-order valence-corrected chi connectivity index (χ0v) is 10.8. The summed E-state index contributed by atoms with van der Waals surface area (Å²) in [6.45, 7) is 1.88. The zero-order valence-electron chi connectivity index (χ0n) is 10.1. The molecule has 0 saturated heterocycles. The average Bonchev–Trinajstić information content (AvgIpc) is 2.39. The van der Waals surface area contributed by atoms with Crippen LogP contribution in [0.3, 0.4) is 0 Å². The Morgan fingerprint density at radius 3 is 2.63 bits per heavy atom. The molecule has 2 aromatic rings. The maximum atomic E-state index is 11.0. The molecule has 1 atom stereocenters. The van der Waals surface area contributed by atoms with Crippen LogP contribution in [0.2, 0.25) is 5.15 Å². The van der Waals surface area contributed by atoms with Crippen LogP contribution in [0, 0.1) is 10.1 Å². The molecule has 2 rings (SSSR count). The highest BCUT2D eigenvalue weighted by Gasteiger charge is 2.22. The highest BCUT2D eigenvalue weighted by atomic mass is 35.5. The summed E-state index contributed by atoms with van der Waals surface area (Å²) in [5.41, 5.74) is 0.679. The number of halogens is 1. The van der Waals surface area contributed by atoms with Gasteiger partial charge in [-0.2, -0.15) is 0 Å². The number of nitrogens with one attached hydrogen (secondary N) is 1. The molecule has 0 fully saturated rings. The van der Waals surface area contributed by atoms with Crippen LogP contribution in [0.15, 0.2) is 36.7 Å². The second-order valence-electron chi connectivity index (χ2n) is 3.90. The van der Waals surface area contributed by atoms with Gasteiger partial charge in [-0.1, -0.05) is 41.9 Å². The molecular weight excluding hydrogens is 268 g/mol. The minimum absolute atomic E-state index is 0.112. The van der Waals surface area contributed by atoms with E-state index in [4.69, 9.17) is 11.6 Å². The quantitative estimate of drug-likeness (QED) is 0.527. The van der Waals surface area contributed by atoms with E-state index in [1.165, 1.54) is 6.33 Å². The third-order valence-corrected chi connectivity index (χ3v) is 2.89. The van der Waals surface area contributed by atoms with Crippen LogP contribution in [-0.4, -0.2) is 14.9 Å². The van der Waals surface area contributed by atoms with E-state index in [9.17, 15) is 10.1 Å². The molecule has 98 valence electrons. The number of hydrogen-bond donors (Lipinski definition) is 1. The highest BCUT2D eigenvalue weighted by molar-refractivity contribution is 6.31. The van der Waals surface area contributed by atoms with Crippen molar-refractivity contribution in [3.63, 3.8) is 0 Å². The van der Waals surface area contributed by atoms with Crippen LogP contribution in [-0.2, 0) is 0 Å². The second kappa shape index (κ2) is 5.62. The maximum absolute atomic E-state index is 11.0. The smallest absolute Gasteiger partial charge is 0.348 e. The van der Waals surface area contributed by atoms with Crippen LogP contribution in [0.1, 0.15) is 18.5 Å². The first-order valence-corrected chi connectivity index (χ1v) is 5.93. The van der Waals surface area contributed by atoms with Crippen molar-refractivity contribution < 1.29 is 4.92 Å². The number of aromatic nitrogens is 2. The van der Waals surface area contributed by atoms with Crippen LogP contribution in [0.4, 0.5) is 11.5 Å². The molecule has 0 spiro atoms. The third kappa shape index (κ3) is 2.97. The lowest BCUT2D eigenvalue weighted by Crippen LogP contribution is -2.10. The molecular formula is C12H11ClN4O2. The first-order valence-electron chi connectivity index (χ1n) is 5.56. The van der Waals surface area contributed by atoms with Crippen molar-refractivity contribution >= 4 is 23.1 Å². The Balaban J connectivity index is 2.29. The Kier molecular flexibility index (Phi) is 3.91. The number of nitro groups is 1. The van der Waals surface area contributed by atoms with Gasteiger partial charge in [0.15, 0.2) is 0 Å². The number of anilines is 1. The Bertz CT molecular complexity index is 592. The van der Waals surface area contributed by atoms with Crippen LogP contribution in [0.25, 0.3) is 0 Å². The summed E-state index contributed by atoms with van der Waals surface area (Å²) >= 11 is 5.72. The van der Waals surface area contributed by atoms with Gasteiger partial charge in [0.25, 0.3) is 0 Å². The third-order valence-electron chi connectivity index (χ3n) is 2.61. The second-order valence-corrected chi connectivity index (χ2v) is 4.25. The molecule has 1 unspecified atom stereocenters. The SMILES string of the molecule is CC(Nc1ncnc(Cl)c1[N+](=O)[O-])c1ccccc1. The van der Waals surface area contributed by atoms with Gasteiger partial charge in [0.2, 0.25) is 11.0 Å². The zero-order chi connectivity index (χ0) is 13.8. The van der Waals surface area contributed by atoms with Gasteiger partial charge in [-0.05, 0) is 12.5 Å². The normalized spacial score (nSPS) is 11.9. The maximum Gasteiger partial charge on any atom is 0.348 e. The molecule has 19 heavy (non-hydrogen) atoms. The lowest BCUT2D eigenvalue weighted by atomic mass is 10.1. The van der Waals surface area contributed by atoms with Crippen molar-refractivity contribution in [2.45, 2.75) is 13.0 Å². The molecule has 0 aliphatic heterocycles. The molecule has 1 heterocycles. The number of hydrogen-bond acceptors (Lipinski definition) is 5. The van der Waals surface area contributed by atoms with E-state index in [1.807, 2.05) is 37.3 Å². The molecule has 7 heteroatoms. The molecule has 1 aromatic heterocycles. The number of nitrogens with zero attached hydrogens (tertiary/aromatic N) is 3. The van der Waals surface area contributed by atoms with Crippen LogP contribution in [0.5, 0.6) is 0 Å². The topological polar surface area (TPSA) is 81.0 Å². The average molecular weight is 279 g/mol. The first kappa shape index (κ1) is 13.2. The lowest BCUT2D eigenvalue weighted by molar-refractivity contribution is -0.384. The van der Waals surface area contributed by atoms with E-state index in [0.717, 1.165) is 5.56 Å².